The van der Waals surface area contributed by atoms with Gasteiger partial charge in [0.25, 0.3) is 0 Å². The number of hydrogen-bond acceptors (Lipinski definition) is 6. The third kappa shape index (κ3) is 6.55. The molecule has 3 atom stereocenters. The second-order valence-corrected chi connectivity index (χ2v) is 10.5. The van der Waals surface area contributed by atoms with Gasteiger partial charge in [0.05, 0.1) is 14.2 Å². The maximum absolute atomic E-state index is 13.6. The number of aryl methyl sites for hydroxylation is 2. The van der Waals surface area contributed by atoms with Crippen molar-refractivity contribution >= 4 is 17.7 Å². The van der Waals surface area contributed by atoms with Gasteiger partial charge in [0.1, 0.15) is 6.61 Å². The molecule has 1 aromatic carbocycles. The van der Waals surface area contributed by atoms with Gasteiger partial charge in [0, 0.05) is 52.2 Å². The molecule has 2 saturated heterocycles. The van der Waals surface area contributed by atoms with Crippen molar-refractivity contribution in [2.75, 3.05) is 54.1 Å². The molecule has 3 aliphatic heterocycles. The van der Waals surface area contributed by atoms with Crippen LogP contribution in [0.1, 0.15) is 49.7 Å². The normalized spacial score (nSPS) is 25.2. The number of nitrogens with zero attached hydrogens (tertiary/aromatic N) is 2. The van der Waals surface area contributed by atoms with Crippen LogP contribution < -0.4 is 14.8 Å². The molecule has 3 aliphatic rings. The quantitative estimate of drug-likeness (QED) is 0.660. The SMILES string of the molecule is COCC(=O)N1C[C@@H]2C[C@@H](C1)[C@@H]1CCCC(=O)NCCCc3cc(cc(OC)c3OC)CCC(=O)N1C2. The number of nitrogens with one attached hydrogen (secondary N) is 1. The van der Waals surface area contributed by atoms with Crippen LogP contribution >= 0.6 is 0 Å². The molecule has 3 heterocycles. The largest absolute Gasteiger partial charge is 0.493 e. The predicted octanol–water partition coefficient (Wildman–Crippen LogP) is 2.19. The summed E-state index contributed by atoms with van der Waals surface area (Å²) < 4.78 is 16.3. The molecule has 1 N–H and O–H groups in total. The lowest BCUT2D eigenvalue weighted by atomic mass is 9.77. The van der Waals surface area contributed by atoms with E-state index in [1.54, 1.807) is 14.2 Å². The van der Waals surface area contributed by atoms with Gasteiger partial charge in [-0.15, -0.1) is 0 Å². The average Bonchev–Trinajstić information content (AvgIpc) is 2.89. The highest BCUT2D eigenvalue weighted by Crippen LogP contribution is 2.37. The molecule has 0 unspecified atom stereocenters. The Labute approximate surface area is 219 Å². The number of rotatable bonds is 4. The minimum atomic E-state index is 0.00817. The van der Waals surface area contributed by atoms with E-state index in [9.17, 15) is 14.4 Å². The van der Waals surface area contributed by atoms with Gasteiger partial charge in [0.2, 0.25) is 17.7 Å². The molecule has 1 aromatic rings. The van der Waals surface area contributed by atoms with Crippen LogP contribution in [0, 0.1) is 11.8 Å². The lowest BCUT2D eigenvalue weighted by molar-refractivity contribution is -0.147. The number of hydrogen-bond donors (Lipinski definition) is 1. The first-order valence-electron chi connectivity index (χ1n) is 13.5. The first-order chi connectivity index (χ1) is 17.9. The number of piperidine rings is 2. The Bertz CT molecular complexity index is 983. The molecule has 9 nitrogen and oxygen atoms in total. The van der Waals surface area contributed by atoms with E-state index in [0.717, 1.165) is 43.2 Å². The highest BCUT2D eigenvalue weighted by atomic mass is 16.5. The van der Waals surface area contributed by atoms with Gasteiger partial charge < -0.3 is 29.3 Å². The Morgan fingerprint density at radius 3 is 2.59 bits per heavy atom. The Morgan fingerprint density at radius 1 is 1.00 bits per heavy atom. The summed E-state index contributed by atoms with van der Waals surface area (Å²) >= 11 is 0. The second-order valence-electron chi connectivity index (χ2n) is 10.5. The average molecular weight is 516 g/mol. The van der Waals surface area contributed by atoms with E-state index in [-0.39, 0.29) is 42.2 Å². The molecule has 4 bridgehead atoms. The van der Waals surface area contributed by atoms with Crippen molar-refractivity contribution in [2.45, 2.75) is 57.4 Å². The second kappa shape index (κ2) is 12.6. The van der Waals surface area contributed by atoms with Crippen molar-refractivity contribution in [2.24, 2.45) is 11.8 Å². The first kappa shape index (κ1) is 27.2. The monoisotopic (exact) mass is 515 g/mol. The van der Waals surface area contributed by atoms with E-state index in [4.69, 9.17) is 14.2 Å². The zero-order valence-electron chi connectivity index (χ0n) is 22.4. The van der Waals surface area contributed by atoms with Crippen LogP contribution in [0.15, 0.2) is 12.1 Å². The van der Waals surface area contributed by atoms with Gasteiger partial charge in [0.15, 0.2) is 11.5 Å². The standard InChI is InChI=1S/C28H41N3O6/c1-35-18-27(34)30-15-20-13-22(17-30)23-7-4-8-25(32)29-11-5-6-21-12-19(9-10-26(33)31(23)16-20)14-24(36-2)28(21)37-3/h12,14,20,22-23H,4-11,13,15-18H2,1-3H3,(H,29,32)/t20-,22-,23-/m0/s1. The molecule has 204 valence electrons. The van der Waals surface area contributed by atoms with Gasteiger partial charge in [-0.1, -0.05) is 6.07 Å². The summed E-state index contributed by atoms with van der Waals surface area (Å²) in [4.78, 5) is 42.7. The van der Waals surface area contributed by atoms with Crippen molar-refractivity contribution in [1.82, 2.24) is 15.1 Å². The molecule has 0 spiro atoms. The number of likely N-dealkylation sites (tertiary alicyclic amines) is 1. The Kier molecular flexibility index (Phi) is 9.29. The minimum absolute atomic E-state index is 0.00817. The lowest BCUT2D eigenvalue weighted by Gasteiger charge is -2.51. The van der Waals surface area contributed by atoms with Gasteiger partial charge >= 0.3 is 0 Å². The van der Waals surface area contributed by atoms with Crippen LogP contribution in [0.2, 0.25) is 0 Å². The molecule has 0 aromatic heterocycles. The predicted molar refractivity (Wildman–Crippen MR) is 139 cm³/mol. The van der Waals surface area contributed by atoms with Crippen molar-refractivity contribution in [3.8, 4) is 11.5 Å². The maximum atomic E-state index is 13.6. The molecule has 0 radical (unpaired) electrons. The van der Waals surface area contributed by atoms with Gasteiger partial charge in [-0.2, -0.15) is 0 Å². The van der Waals surface area contributed by atoms with E-state index in [1.807, 2.05) is 11.0 Å². The lowest BCUT2D eigenvalue weighted by Crippen LogP contribution is -2.60. The Morgan fingerprint density at radius 2 is 1.84 bits per heavy atom. The van der Waals surface area contributed by atoms with Crippen LogP contribution in [0.5, 0.6) is 11.5 Å². The van der Waals surface area contributed by atoms with Crippen molar-refractivity contribution < 1.29 is 28.6 Å². The first-order valence-corrected chi connectivity index (χ1v) is 13.5. The summed E-state index contributed by atoms with van der Waals surface area (Å²) in [7, 11) is 4.80. The minimum Gasteiger partial charge on any atom is -0.493 e. The smallest absolute Gasteiger partial charge is 0.248 e. The summed E-state index contributed by atoms with van der Waals surface area (Å²) in [5.74, 6) is 2.05. The van der Waals surface area contributed by atoms with Crippen molar-refractivity contribution in [3.05, 3.63) is 23.3 Å². The van der Waals surface area contributed by atoms with Gasteiger partial charge in [-0.3, -0.25) is 14.4 Å². The molecular formula is C28H41N3O6. The van der Waals surface area contributed by atoms with E-state index in [1.165, 1.54) is 7.11 Å². The van der Waals surface area contributed by atoms with Crippen LogP contribution in [0.4, 0.5) is 0 Å². The topological polar surface area (TPSA) is 97.4 Å². The highest BCUT2D eigenvalue weighted by molar-refractivity contribution is 5.79. The molecule has 2 fully saturated rings. The fourth-order valence-electron chi connectivity index (χ4n) is 6.32. The molecular weight excluding hydrogens is 474 g/mol. The number of amides is 3. The van der Waals surface area contributed by atoms with Crippen LogP contribution in [-0.2, 0) is 32.0 Å². The number of carbonyl (C=O) groups is 3. The fourth-order valence-corrected chi connectivity index (χ4v) is 6.32. The van der Waals surface area contributed by atoms with Crippen LogP contribution in [0.3, 0.4) is 0 Å². The number of carbonyl (C=O) groups excluding carboxylic acids is 3. The zero-order chi connectivity index (χ0) is 26.4. The summed E-state index contributed by atoms with van der Waals surface area (Å²) in [6, 6.07) is 4.09. The third-order valence-corrected chi connectivity index (χ3v) is 8.00. The maximum Gasteiger partial charge on any atom is 0.248 e. The van der Waals surface area contributed by atoms with E-state index < -0.39 is 0 Å². The molecule has 37 heavy (non-hydrogen) atoms. The Balaban J connectivity index is 1.56. The van der Waals surface area contributed by atoms with E-state index >= 15 is 0 Å². The fraction of sp³-hybridized carbons (Fsp3) is 0.679. The molecule has 4 rings (SSSR count). The molecule has 0 aliphatic carbocycles. The molecule has 0 saturated carbocycles. The number of methoxy groups -OCH3 is 3. The van der Waals surface area contributed by atoms with Gasteiger partial charge in [-0.05, 0) is 67.6 Å². The summed E-state index contributed by atoms with van der Waals surface area (Å²) in [6.45, 7) is 2.64. The Hall–Kier alpha value is -2.81. The summed E-state index contributed by atoms with van der Waals surface area (Å²) in [5, 5.41) is 3.04. The van der Waals surface area contributed by atoms with E-state index in [2.05, 4.69) is 16.3 Å². The van der Waals surface area contributed by atoms with Crippen molar-refractivity contribution in [1.29, 1.82) is 0 Å². The summed E-state index contributed by atoms with van der Waals surface area (Å²) in [5.41, 5.74) is 2.07. The van der Waals surface area contributed by atoms with Gasteiger partial charge in [-0.25, -0.2) is 0 Å². The zero-order valence-corrected chi connectivity index (χ0v) is 22.4. The third-order valence-electron chi connectivity index (χ3n) is 8.00. The number of fused-ring (bicyclic) bond motifs is 6. The number of benzene rings is 1. The summed E-state index contributed by atoms with van der Waals surface area (Å²) in [6.07, 6.45) is 5.51. The van der Waals surface area contributed by atoms with Crippen LogP contribution in [-0.4, -0.2) is 87.7 Å². The highest BCUT2D eigenvalue weighted by Gasteiger charge is 2.43. The van der Waals surface area contributed by atoms with Crippen molar-refractivity contribution in [3.63, 3.8) is 0 Å². The molecule has 9 heteroatoms. The van der Waals surface area contributed by atoms with Crippen LogP contribution in [0.25, 0.3) is 0 Å². The van der Waals surface area contributed by atoms with E-state index in [0.29, 0.717) is 56.9 Å². The molecule has 3 amide bonds. The number of ether oxygens (including phenoxy) is 3.